The first-order valence-electron chi connectivity index (χ1n) is 4.75. The van der Waals surface area contributed by atoms with Crippen LogP contribution in [0.15, 0.2) is 24.9 Å². The van der Waals surface area contributed by atoms with Crippen LogP contribution in [0.25, 0.3) is 0 Å². The lowest BCUT2D eigenvalue weighted by atomic mass is 10.1. The second kappa shape index (κ2) is 4.61. The van der Waals surface area contributed by atoms with E-state index in [4.69, 9.17) is 0 Å². The lowest BCUT2D eigenvalue weighted by Gasteiger charge is -2.14. The van der Waals surface area contributed by atoms with Crippen LogP contribution >= 0.6 is 0 Å². The first-order valence-corrected chi connectivity index (χ1v) is 4.75. The smallest absolute Gasteiger partial charge is 0.115 e. The van der Waals surface area contributed by atoms with Crippen molar-refractivity contribution in [3.05, 3.63) is 36.2 Å². The van der Waals surface area contributed by atoms with Crippen molar-refractivity contribution >= 4 is 0 Å². The van der Waals surface area contributed by atoms with Gasteiger partial charge in [0.25, 0.3) is 0 Å². The van der Waals surface area contributed by atoms with Crippen LogP contribution in [-0.4, -0.2) is 31.9 Å². The van der Waals surface area contributed by atoms with Crippen LogP contribution in [0.1, 0.15) is 24.2 Å². The van der Waals surface area contributed by atoms with E-state index in [2.05, 4.69) is 30.7 Å². The standard InChI is InChI=1S/C9H12N6/c1-2-12-9(8-5-13-15-14-8)7-3-10-6-11-4-7/h3-6,9,12H,2H2,1H3,(H,13,14,15). The Morgan fingerprint density at radius 1 is 1.33 bits per heavy atom. The Kier molecular flexibility index (Phi) is 2.99. The zero-order valence-corrected chi connectivity index (χ0v) is 8.38. The lowest BCUT2D eigenvalue weighted by Crippen LogP contribution is -2.22. The fraction of sp³-hybridized carbons (Fsp3) is 0.333. The summed E-state index contributed by atoms with van der Waals surface area (Å²) in [7, 11) is 0. The van der Waals surface area contributed by atoms with Gasteiger partial charge in [-0.05, 0) is 6.54 Å². The van der Waals surface area contributed by atoms with Crippen LogP contribution in [0, 0.1) is 0 Å². The zero-order chi connectivity index (χ0) is 10.5. The summed E-state index contributed by atoms with van der Waals surface area (Å²) in [5.41, 5.74) is 1.82. The molecule has 0 aliphatic carbocycles. The largest absolute Gasteiger partial charge is 0.305 e. The van der Waals surface area contributed by atoms with Gasteiger partial charge >= 0.3 is 0 Å². The van der Waals surface area contributed by atoms with Gasteiger partial charge in [0.1, 0.15) is 12.0 Å². The molecule has 0 bridgehead atoms. The Bertz CT molecular complexity index is 384. The molecule has 0 amide bonds. The molecule has 6 heteroatoms. The molecule has 0 aliphatic heterocycles. The molecule has 78 valence electrons. The number of nitrogens with zero attached hydrogens (tertiary/aromatic N) is 4. The van der Waals surface area contributed by atoms with Gasteiger partial charge in [0.2, 0.25) is 0 Å². The maximum atomic E-state index is 4.06. The normalized spacial score (nSPS) is 12.6. The summed E-state index contributed by atoms with van der Waals surface area (Å²) in [5.74, 6) is 0. The Morgan fingerprint density at radius 3 is 2.73 bits per heavy atom. The molecule has 2 aromatic rings. The van der Waals surface area contributed by atoms with E-state index in [-0.39, 0.29) is 6.04 Å². The van der Waals surface area contributed by atoms with Crippen molar-refractivity contribution in [3.63, 3.8) is 0 Å². The minimum absolute atomic E-state index is 0.00468. The summed E-state index contributed by atoms with van der Waals surface area (Å²) in [6.07, 6.45) is 6.75. The van der Waals surface area contributed by atoms with Crippen LogP contribution in [0.4, 0.5) is 0 Å². The monoisotopic (exact) mass is 204 g/mol. The van der Waals surface area contributed by atoms with E-state index in [0.717, 1.165) is 17.8 Å². The summed E-state index contributed by atoms with van der Waals surface area (Å²) >= 11 is 0. The number of hydrogen-bond donors (Lipinski definition) is 2. The fourth-order valence-corrected chi connectivity index (χ4v) is 1.41. The molecule has 0 saturated carbocycles. The SMILES string of the molecule is CCNC(c1cncnc1)c1cn[nH]n1. The molecule has 0 aromatic carbocycles. The highest BCUT2D eigenvalue weighted by molar-refractivity contribution is 5.20. The number of aromatic amines is 1. The fourth-order valence-electron chi connectivity index (χ4n) is 1.41. The van der Waals surface area contributed by atoms with E-state index in [9.17, 15) is 0 Å². The maximum absolute atomic E-state index is 4.06. The van der Waals surface area contributed by atoms with Crippen LogP contribution in [0.2, 0.25) is 0 Å². The van der Waals surface area contributed by atoms with Gasteiger partial charge in [0.15, 0.2) is 0 Å². The molecule has 2 N–H and O–H groups in total. The Hall–Kier alpha value is -1.82. The first kappa shape index (κ1) is 9.72. The van der Waals surface area contributed by atoms with Gasteiger partial charge in [-0.3, -0.25) is 0 Å². The summed E-state index contributed by atoms with van der Waals surface area (Å²) < 4.78 is 0. The van der Waals surface area contributed by atoms with Gasteiger partial charge in [0.05, 0.1) is 12.2 Å². The van der Waals surface area contributed by atoms with Crippen molar-refractivity contribution in [3.8, 4) is 0 Å². The van der Waals surface area contributed by atoms with Gasteiger partial charge in [-0.1, -0.05) is 6.92 Å². The van der Waals surface area contributed by atoms with Gasteiger partial charge in [-0.2, -0.15) is 15.4 Å². The van der Waals surface area contributed by atoms with Crippen LogP contribution in [-0.2, 0) is 0 Å². The molecular weight excluding hydrogens is 192 g/mol. The molecule has 6 nitrogen and oxygen atoms in total. The third-order valence-corrected chi connectivity index (χ3v) is 2.05. The van der Waals surface area contributed by atoms with Crippen LogP contribution in [0.3, 0.4) is 0 Å². The second-order valence-electron chi connectivity index (χ2n) is 3.06. The first-order chi connectivity index (χ1) is 7.42. The summed E-state index contributed by atoms with van der Waals surface area (Å²) in [6, 6.07) is -0.00468. The highest BCUT2D eigenvalue weighted by atomic mass is 15.3. The van der Waals surface area contributed by atoms with E-state index < -0.39 is 0 Å². The molecular formula is C9H12N6. The number of aromatic nitrogens is 5. The molecule has 2 rings (SSSR count). The van der Waals surface area contributed by atoms with Gasteiger partial charge < -0.3 is 5.32 Å². The number of H-pyrrole nitrogens is 1. The van der Waals surface area contributed by atoms with Crippen molar-refractivity contribution in [1.82, 2.24) is 30.7 Å². The second-order valence-corrected chi connectivity index (χ2v) is 3.06. The molecule has 0 radical (unpaired) electrons. The minimum Gasteiger partial charge on any atom is -0.305 e. The van der Waals surface area contributed by atoms with Gasteiger partial charge in [0, 0.05) is 18.0 Å². The van der Waals surface area contributed by atoms with E-state index in [1.807, 2.05) is 6.92 Å². The third-order valence-electron chi connectivity index (χ3n) is 2.05. The summed E-state index contributed by atoms with van der Waals surface area (Å²) in [6.45, 7) is 2.88. The minimum atomic E-state index is -0.00468. The molecule has 1 unspecified atom stereocenters. The van der Waals surface area contributed by atoms with E-state index in [0.29, 0.717) is 0 Å². The molecule has 0 fully saturated rings. The van der Waals surface area contributed by atoms with Crippen LogP contribution < -0.4 is 5.32 Å². The lowest BCUT2D eigenvalue weighted by molar-refractivity contribution is 0.609. The maximum Gasteiger partial charge on any atom is 0.115 e. The number of rotatable bonds is 4. The van der Waals surface area contributed by atoms with Crippen molar-refractivity contribution < 1.29 is 0 Å². The quantitative estimate of drug-likeness (QED) is 0.748. The highest BCUT2D eigenvalue weighted by Crippen LogP contribution is 2.16. The van der Waals surface area contributed by atoms with Crippen LogP contribution in [0.5, 0.6) is 0 Å². The molecule has 15 heavy (non-hydrogen) atoms. The predicted octanol–water partition coefficient (Wildman–Crippen LogP) is 0.294. The average Bonchev–Trinajstić information content (AvgIpc) is 2.80. The summed E-state index contributed by atoms with van der Waals surface area (Å²) in [4.78, 5) is 7.98. The van der Waals surface area contributed by atoms with E-state index in [1.165, 1.54) is 6.33 Å². The Morgan fingerprint density at radius 2 is 2.13 bits per heavy atom. The average molecular weight is 204 g/mol. The Labute approximate surface area is 87.2 Å². The van der Waals surface area contributed by atoms with E-state index >= 15 is 0 Å². The Balaban J connectivity index is 2.28. The molecule has 1 atom stereocenters. The van der Waals surface area contributed by atoms with Gasteiger partial charge in [-0.15, -0.1) is 0 Å². The molecule has 0 saturated heterocycles. The van der Waals surface area contributed by atoms with Crippen molar-refractivity contribution in [2.24, 2.45) is 0 Å². The van der Waals surface area contributed by atoms with Crippen molar-refractivity contribution in [1.29, 1.82) is 0 Å². The zero-order valence-electron chi connectivity index (χ0n) is 8.38. The topological polar surface area (TPSA) is 79.4 Å². The molecule has 2 aromatic heterocycles. The third kappa shape index (κ3) is 2.16. The van der Waals surface area contributed by atoms with Crippen molar-refractivity contribution in [2.45, 2.75) is 13.0 Å². The highest BCUT2D eigenvalue weighted by Gasteiger charge is 2.15. The summed E-state index contributed by atoms with van der Waals surface area (Å²) in [5, 5.41) is 13.7. The molecule has 0 aliphatic rings. The number of nitrogens with one attached hydrogen (secondary N) is 2. The molecule has 0 spiro atoms. The number of hydrogen-bond acceptors (Lipinski definition) is 5. The molecule has 2 heterocycles. The predicted molar refractivity (Wildman–Crippen MR) is 53.9 cm³/mol. The van der Waals surface area contributed by atoms with Crippen molar-refractivity contribution in [2.75, 3.05) is 6.54 Å². The van der Waals surface area contributed by atoms with Gasteiger partial charge in [-0.25, -0.2) is 9.97 Å². The van der Waals surface area contributed by atoms with E-state index in [1.54, 1.807) is 18.6 Å².